The average Bonchev–Trinajstić information content (AvgIpc) is 2.66. The summed E-state index contributed by atoms with van der Waals surface area (Å²) >= 11 is 3.56. The highest BCUT2D eigenvalue weighted by atomic mass is 79.9. The summed E-state index contributed by atoms with van der Waals surface area (Å²) in [5, 5.41) is 13.2. The van der Waals surface area contributed by atoms with Crippen molar-refractivity contribution in [1.82, 2.24) is 0 Å². The Morgan fingerprint density at radius 3 is 2.85 bits per heavy atom. The zero-order chi connectivity index (χ0) is 14.4. The molecule has 1 aromatic carbocycles. The minimum absolute atomic E-state index is 0.396. The van der Waals surface area contributed by atoms with Crippen LogP contribution >= 0.6 is 15.9 Å². The number of nitrogens with zero attached hydrogens (tertiary/aromatic N) is 1. The topological polar surface area (TPSA) is 35.8 Å². The lowest BCUT2D eigenvalue weighted by Gasteiger charge is -2.28. The van der Waals surface area contributed by atoms with E-state index in [1.807, 2.05) is 24.3 Å². The Balaban J connectivity index is 2.10. The lowest BCUT2D eigenvalue weighted by atomic mass is 9.90. The number of nitriles is 1. The van der Waals surface area contributed by atoms with Crippen LogP contribution in [0.3, 0.4) is 0 Å². The molecule has 108 valence electrons. The van der Waals surface area contributed by atoms with E-state index in [2.05, 4.69) is 34.2 Å². The molecule has 1 saturated carbocycles. The van der Waals surface area contributed by atoms with Crippen LogP contribution in [0.5, 0.6) is 0 Å². The third-order valence-corrected chi connectivity index (χ3v) is 5.05. The minimum Gasteiger partial charge on any atom is -0.366 e. The van der Waals surface area contributed by atoms with E-state index in [1.165, 1.54) is 25.7 Å². The normalized spacial score (nSPS) is 26.6. The van der Waals surface area contributed by atoms with Gasteiger partial charge in [0.25, 0.3) is 0 Å². The van der Waals surface area contributed by atoms with Gasteiger partial charge in [-0.1, -0.05) is 38.3 Å². The van der Waals surface area contributed by atoms with Crippen molar-refractivity contribution in [3.8, 4) is 6.07 Å². The zero-order valence-corrected chi connectivity index (χ0v) is 13.7. The average molecular weight is 335 g/mol. The predicted octanol–water partition coefficient (Wildman–Crippen LogP) is 5.50. The van der Waals surface area contributed by atoms with Crippen LogP contribution in [-0.2, 0) is 0 Å². The molecule has 20 heavy (non-hydrogen) atoms. The van der Waals surface area contributed by atoms with E-state index in [1.54, 1.807) is 0 Å². The zero-order valence-electron chi connectivity index (χ0n) is 12.2. The van der Waals surface area contributed by atoms with E-state index in [0.717, 1.165) is 35.3 Å². The smallest absolute Gasteiger partial charge is 0.125 e. The second-order valence-corrected chi connectivity index (χ2v) is 6.74. The third kappa shape index (κ3) is 3.76. The quantitative estimate of drug-likeness (QED) is 0.737. The lowest BCUT2D eigenvalue weighted by Crippen LogP contribution is -2.36. The summed E-state index contributed by atoms with van der Waals surface area (Å²) in [5.41, 5.74) is 0.634. The summed E-state index contributed by atoms with van der Waals surface area (Å²) in [7, 11) is 0. The highest BCUT2D eigenvalue weighted by Crippen LogP contribution is 2.36. The fraction of sp³-hybridized carbons (Fsp3) is 0.588. The summed E-state index contributed by atoms with van der Waals surface area (Å²) < 4.78 is 1.03. The Labute approximate surface area is 130 Å². The SMILES string of the molecule is CCCC1CCCC(C#N)(Nc2ccccc2Br)CC1. The third-order valence-electron chi connectivity index (χ3n) is 4.35. The molecule has 0 saturated heterocycles. The lowest BCUT2D eigenvalue weighted by molar-refractivity contribution is 0.416. The molecule has 1 fully saturated rings. The second-order valence-electron chi connectivity index (χ2n) is 5.88. The van der Waals surface area contributed by atoms with E-state index in [9.17, 15) is 5.26 Å². The molecule has 2 nitrogen and oxygen atoms in total. The molecule has 1 aromatic rings. The van der Waals surface area contributed by atoms with E-state index < -0.39 is 5.54 Å². The Hall–Kier alpha value is -1.01. The number of para-hydroxylation sites is 1. The Morgan fingerprint density at radius 1 is 1.35 bits per heavy atom. The molecular formula is C17H23BrN2. The molecule has 0 heterocycles. The van der Waals surface area contributed by atoms with Crippen molar-refractivity contribution in [2.75, 3.05) is 5.32 Å². The van der Waals surface area contributed by atoms with Crippen LogP contribution < -0.4 is 5.32 Å². The van der Waals surface area contributed by atoms with Gasteiger partial charge in [0, 0.05) is 10.2 Å². The van der Waals surface area contributed by atoms with Gasteiger partial charge >= 0.3 is 0 Å². The van der Waals surface area contributed by atoms with Gasteiger partial charge in [0.1, 0.15) is 5.54 Å². The van der Waals surface area contributed by atoms with E-state index in [0.29, 0.717) is 0 Å². The van der Waals surface area contributed by atoms with Crippen LogP contribution in [0.15, 0.2) is 28.7 Å². The van der Waals surface area contributed by atoms with Crippen LogP contribution in [0.1, 0.15) is 51.9 Å². The molecule has 2 unspecified atom stereocenters. The van der Waals surface area contributed by atoms with Gasteiger partial charge in [-0.3, -0.25) is 0 Å². The molecule has 0 amide bonds. The van der Waals surface area contributed by atoms with Gasteiger partial charge in [0.2, 0.25) is 0 Å². The summed E-state index contributed by atoms with van der Waals surface area (Å²) in [6.45, 7) is 2.25. The first-order valence-electron chi connectivity index (χ1n) is 7.63. The number of hydrogen-bond donors (Lipinski definition) is 1. The van der Waals surface area contributed by atoms with E-state index in [4.69, 9.17) is 0 Å². The van der Waals surface area contributed by atoms with Crippen LogP contribution in [0.4, 0.5) is 5.69 Å². The Kier molecular flexibility index (Phi) is 5.48. The molecule has 1 N–H and O–H groups in total. The number of hydrogen-bond acceptors (Lipinski definition) is 2. The second kappa shape index (κ2) is 7.13. The first kappa shape index (κ1) is 15.4. The van der Waals surface area contributed by atoms with Crippen LogP contribution in [0, 0.1) is 17.2 Å². The minimum atomic E-state index is -0.396. The summed E-state index contributed by atoms with van der Waals surface area (Å²) in [5.74, 6) is 0.802. The number of nitrogens with one attached hydrogen (secondary N) is 1. The van der Waals surface area contributed by atoms with Crippen LogP contribution in [-0.4, -0.2) is 5.54 Å². The highest BCUT2D eigenvalue weighted by Gasteiger charge is 2.33. The molecule has 3 heteroatoms. The Bertz CT molecular complexity index is 480. The first-order valence-corrected chi connectivity index (χ1v) is 8.42. The molecule has 0 bridgehead atoms. The number of anilines is 1. The van der Waals surface area contributed by atoms with Gasteiger partial charge in [0.15, 0.2) is 0 Å². The van der Waals surface area contributed by atoms with E-state index in [-0.39, 0.29) is 0 Å². The maximum Gasteiger partial charge on any atom is 0.125 e. The fourth-order valence-corrected chi connectivity index (χ4v) is 3.58. The summed E-state index contributed by atoms with van der Waals surface area (Å²) in [6, 6.07) is 10.6. The molecule has 0 spiro atoms. The summed E-state index contributed by atoms with van der Waals surface area (Å²) in [4.78, 5) is 0. The van der Waals surface area contributed by atoms with Crippen molar-refractivity contribution >= 4 is 21.6 Å². The van der Waals surface area contributed by atoms with Gasteiger partial charge in [-0.25, -0.2) is 0 Å². The molecule has 1 aliphatic carbocycles. The monoisotopic (exact) mass is 334 g/mol. The molecule has 1 aliphatic rings. The molecule has 2 rings (SSSR count). The molecule has 0 aromatic heterocycles. The number of benzene rings is 1. The number of rotatable bonds is 4. The van der Waals surface area contributed by atoms with Crippen molar-refractivity contribution in [2.45, 2.75) is 57.4 Å². The van der Waals surface area contributed by atoms with E-state index >= 15 is 0 Å². The van der Waals surface area contributed by atoms with Gasteiger partial charge in [-0.15, -0.1) is 0 Å². The first-order chi connectivity index (χ1) is 9.69. The van der Waals surface area contributed by atoms with Gasteiger partial charge < -0.3 is 5.32 Å². The molecule has 2 atom stereocenters. The van der Waals surface area contributed by atoms with Crippen molar-refractivity contribution in [2.24, 2.45) is 5.92 Å². The van der Waals surface area contributed by atoms with Gasteiger partial charge in [-0.05, 0) is 59.7 Å². The molecule has 0 aliphatic heterocycles. The predicted molar refractivity (Wildman–Crippen MR) is 87.6 cm³/mol. The maximum absolute atomic E-state index is 9.71. The molecular weight excluding hydrogens is 312 g/mol. The highest BCUT2D eigenvalue weighted by molar-refractivity contribution is 9.10. The molecule has 0 radical (unpaired) electrons. The van der Waals surface area contributed by atoms with Crippen LogP contribution in [0.2, 0.25) is 0 Å². The van der Waals surface area contributed by atoms with Gasteiger partial charge in [0.05, 0.1) is 6.07 Å². The standard InChI is InChI=1S/C17H23BrN2/c1-2-6-14-7-5-11-17(13-19,12-10-14)20-16-9-4-3-8-15(16)18/h3-4,8-9,14,20H,2,5-7,10-12H2,1H3. The fourth-order valence-electron chi connectivity index (χ4n) is 3.19. The number of halogens is 1. The van der Waals surface area contributed by atoms with Gasteiger partial charge in [-0.2, -0.15) is 5.26 Å². The summed E-state index contributed by atoms with van der Waals surface area (Å²) in [6.07, 6.45) is 8.04. The van der Waals surface area contributed by atoms with Crippen molar-refractivity contribution in [3.05, 3.63) is 28.7 Å². The van der Waals surface area contributed by atoms with Crippen molar-refractivity contribution in [3.63, 3.8) is 0 Å². The largest absolute Gasteiger partial charge is 0.366 e. The Morgan fingerprint density at radius 2 is 2.15 bits per heavy atom. The maximum atomic E-state index is 9.71. The van der Waals surface area contributed by atoms with Crippen molar-refractivity contribution < 1.29 is 0 Å². The van der Waals surface area contributed by atoms with Crippen molar-refractivity contribution in [1.29, 1.82) is 5.26 Å². The van der Waals surface area contributed by atoms with Crippen LogP contribution in [0.25, 0.3) is 0 Å².